The number of aliphatic hydroxyl groups is 1. The van der Waals surface area contributed by atoms with Gasteiger partial charge in [0.2, 0.25) is 0 Å². The highest BCUT2D eigenvalue weighted by atomic mass is 127. The average molecular weight is 540 g/mol. The zero-order valence-electron chi connectivity index (χ0n) is 18.4. The molecule has 0 amide bonds. The van der Waals surface area contributed by atoms with Gasteiger partial charge in [-0.1, -0.05) is 36.4 Å². The van der Waals surface area contributed by atoms with Gasteiger partial charge in [0.25, 0.3) is 0 Å². The lowest BCUT2D eigenvalue weighted by Crippen LogP contribution is -2.48. The van der Waals surface area contributed by atoms with Crippen molar-refractivity contribution in [3.63, 3.8) is 0 Å². The Hall–Kier alpha value is -1.71. The van der Waals surface area contributed by atoms with Crippen molar-refractivity contribution in [3.8, 4) is 0 Å². The highest BCUT2D eigenvalue weighted by Gasteiger charge is 2.20. The zero-order chi connectivity index (χ0) is 21.3. The van der Waals surface area contributed by atoms with Crippen LogP contribution in [0.5, 0.6) is 0 Å². The third-order valence-corrected chi connectivity index (χ3v) is 5.60. The molecule has 1 aliphatic heterocycles. The van der Waals surface area contributed by atoms with Crippen LogP contribution in [0.1, 0.15) is 42.6 Å². The first-order valence-corrected chi connectivity index (χ1v) is 10.8. The van der Waals surface area contributed by atoms with Gasteiger partial charge in [-0.2, -0.15) is 0 Å². The van der Waals surface area contributed by atoms with E-state index in [-0.39, 0.29) is 36.3 Å². The minimum Gasteiger partial charge on any atom is -0.386 e. The van der Waals surface area contributed by atoms with E-state index in [0.717, 1.165) is 45.0 Å². The fourth-order valence-electron chi connectivity index (χ4n) is 3.75. The van der Waals surface area contributed by atoms with Crippen LogP contribution in [0.4, 0.5) is 4.39 Å². The maximum absolute atomic E-state index is 13.1. The first-order valence-electron chi connectivity index (χ1n) is 10.8. The summed E-state index contributed by atoms with van der Waals surface area (Å²) in [6.07, 6.45) is 1.35. The smallest absolute Gasteiger partial charge is 0.191 e. The molecule has 0 saturated carbocycles. The highest BCUT2D eigenvalue weighted by molar-refractivity contribution is 14.0. The van der Waals surface area contributed by atoms with E-state index in [9.17, 15) is 9.50 Å². The maximum Gasteiger partial charge on any atom is 0.191 e. The number of piperidine rings is 1. The Morgan fingerprint density at radius 2 is 1.84 bits per heavy atom. The van der Waals surface area contributed by atoms with Crippen LogP contribution in [-0.4, -0.2) is 48.2 Å². The van der Waals surface area contributed by atoms with Gasteiger partial charge >= 0.3 is 0 Å². The Kier molecular flexibility index (Phi) is 10.7. The lowest BCUT2D eigenvalue weighted by molar-refractivity contribution is 0.186. The Labute approximate surface area is 202 Å². The molecule has 1 fully saturated rings. The number of nitrogens with zero attached hydrogens (tertiary/aromatic N) is 2. The topological polar surface area (TPSA) is 59.9 Å². The predicted octanol–water partition coefficient (Wildman–Crippen LogP) is 4.01. The van der Waals surface area contributed by atoms with Crippen LogP contribution in [-0.2, 0) is 6.54 Å². The first kappa shape index (κ1) is 25.5. The lowest BCUT2D eigenvalue weighted by atomic mass is 10.0. The molecule has 1 aliphatic rings. The number of aliphatic hydroxyl groups excluding tert-OH is 1. The van der Waals surface area contributed by atoms with E-state index in [1.54, 1.807) is 12.1 Å². The van der Waals surface area contributed by atoms with Gasteiger partial charge in [-0.05, 0) is 55.5 Å². The molecule has 0 bridgehead atoms. The molecule has 1 heterocycles. The van der Waals surface area contributed by atoms with Gasteiger partial charge in [0.15, 0.2) is 5.96 Å². The Balaban J connectivity index is 0.00000341. The van der Waals surface area contributed by atoms with Gasteiger partial charge in [-0.25, -0.2) is 4.39 Å². The quantitative estimate of drug-likeness (QED) is 0.282. The molecule has 1 unspecified atom stereocenters. The van der Waals surface area contributed by atoms with Crippen LogP contribution in [0.2, 0.25) is 0 Å². The predicted molar refractivity (Wildman–Crippen MR) is 135 cm³/mol. The third-order valence-electron chi connectivity index (χ3n) is 5.60. The fourth-order valence-corrected chi connectivity index (χ4v) is 3.75. The van der Waals surface area contributed by atoms with E-state index in [0.29, 0.717) is 11.6 Å². The van der Waals surface area contributed by atoms with Crippen molar-refractivity contribution in [3.05, 3.63) is 71.0 Å². The van der Waals surface area contributed by atoms with Gasteiger partial charge in [0, 0.05) is 32.2 Å². The summed E-state index contributed by atoms with van der Waals surface area (Å²) >= 11 is 0. The van der Waals surface area contributed by atoms with Crippen LogP contribution in [0.3, 0.4) is 0 Å². The lowest BCUT2D eigenvalue weighted by Gasteiger charge is -2.33. The second-order valence-corrected chi connectivity index (χ2v) is 7.91. The fraction of sp³-hybridized carbons (Fsp3) is 0.458. The average Bonchev–Trinajstić information content (AvgIpc) is 2.75. The molecule has 0 spiro atoms. The molecule has 0 radical (unpaired) electrons. The highest BCUT2D eigenvalue weighted by Crippen LogP contribution is 2.17. The summed E-state index contributed by atoms with van der Waals surface area (Å²) in [5, 5.41) is 17.1. The van der Waals surface area contributed by atoms with E-state index < -0.39 is 6.10 Å². The Morgan fingerprint density at radius 3 is 2.48 bits per heavy atom. The normalized spacial score (nSPS) is 16.5. The second kappa shape index (κ2) is 13.0. The minimum atomic E-state index is -0.753. The van der Waals surface area contributed by atoms with Gasteiger partial charge in [-0.15, -0.1) is 24.0 Å². The largest absolute Gasteiger partial charge is 0.386 e. The monoisotopic (exact) mass is 540 g/mol. The van der Waals surface area contributed by atoms with Crippen molar-refractivity contribution >= 4 is 29.9 Å². The van der Waals surface area contributed by atoms with Crippen LogP contribution in [0.15, 0.2) is 53.5 Å². The molecular formula is C24H34FIN4O. The molecule has 170 valence electrons. The van der Waals surface area contributed by atoms with Crippen molar-refractivity contribution in [2.24, 2.45) is 4.99 Å². The van der Waals surface area contributed by atoms with Crippen LogP contribution in [0, 0.1) is 12.7 Å². The third kappa shape index (κ3) is 8.05. The summed E-state index contributed by atoms with van der Waals surface area (Å²) in [5.74, 6) is 0.411. The molecule has 7 heteroatoms. The van der Waals surface area contributed by atoms with Crippen LogP contribution in [0.25, 0.3) is 0 Å². The summed E-state index contributed by atoms with van der Waals surface area (Å²) in [7, 11) is 0. The number of hydrogen-bond donors (Lipinski definition) is 3. The number of halogens is 2. The van der Waals surface area contributed by atoms with E-state index in [2.05, 4.69) is 51.7 Å². The number of likely N-dealkylation sites (tertiary alicyclic amines) is 1. The molecule has 0 aromatic heterocycles. The number of aliphatic imine (C=N–C) groups is 1. The molecule has 1 atom stereocenters. The number of hydrogen-bond acceptors (Lipinski definition) is 3. The molecular weight excluding hydrogens is 506 g/mol. The van der Waals surface area contributed by atoms with Crippen molar-refractivity contribution in [2.75, 3.05) is 26.2 Å². The number of rotatable bonds is 7. The minimum absolute atomic E-state index is 0. The van der Waals surface area contributed by atoms with Gasteiger partial charge in [0.05, 0.1) is 12.6 Å². The molecule has 3 N–H and O–H groups in total. The van der Waals surface area contributed by atoms with E-state index >= 15 is 0 Å². The number of aryl methyl sites for hydroxylation is 1. The summed E-state index contributed by atoms with van der Waals surface area (Å²) in [6.45, 7) is 8.27. The van der Waals surface area contributed by atoms with E-state index in [4.69, 9.17) is 0 Å². The summed E-state index contributed by atoms with van der Waals surface area (Å²) < 4.78 is 13.1. The SMILES string of the molecule is CCNC(=NCC(O)c1ccc(F)cc1)NC1CCN(Cc2ccccc2C)CC1.I. The maximum atomic E-state index is 13.1. The van der Waals surface area contributed by atoms with E-state index in [1.807, 2.05) is 6.92 Å². The summed E-state index contributed by atoms with van der Waals surface area (Å²) in [5.41, 5.74) is 3.41. The summed E-state index contributed by atoms with van der Waals surface area (Å²) in [6, 6.07) is 14.8. The molecule has 2 aromatic carbocycles. The summed E-state index contributed by atoms with van der Waals surface area (Å²) in [4.78, 5) is 7.04. The van der Waals surface area contributed by atoms with Crippen molar-refractivity contribution in [2.45, 2.75) is 45.4 Å². The molecule has 2 aromatic rings. The molecule has 3 rings (SSSR count). The van der Waals surface area contributed by atoms with Crippen molar-refractivity contribution < 1.29 is 9.50 Å². The molecule has 31 heavy (non-hydrogen) atoms. The zero-order valence-corrected chi connectivity index (χ0v) is 20.7. The van der Waals surface area contributed by atoms with E-state index in [1.165, 1.54) is 23.3 Å². The first-order chi connectivity index (χ1) is 14.5. The number of benzene rings is 2. The second-order valence-electron chi connectivity index (χ2n) is 7.91. The van der Waals surface area contributed by atoms with Crippen LogP contribution < -0.4 is 10.6 Å². The van der Waals surface area contributed by atoms with Gasteiger partial charge in [0.1, 0.15) is 5.82 Å². The molecule has 5 nitrogen and oxygen atoms in total. The molecule has 0 aliphatic carbocycles. The van der Waals surface area contributed by atoms with Crippen molar-refractivity contribution in [1.82, 2.24) is 15.5 Å². The number of guanidine groups is 1. The molecule has 1 saturated heterocycles. The Bertz CT molecular complexity index is 823. The standard InChI is InChI=1S/C24H33FN4O.HI/c1-3-26-24(27-16-23(30)19-8-10-21(25)11-9-19)28-22-12-14-29(15-13-22)17-20-7-5-4-6-18(20)2;/h4-11,22-23,30H,3,12-17H2,1-2H3,(H2,26,27,28);1H. The van der Waals surface area contributed by atoms with Crippen molar-refractivity contribution in [1.29, 1.82) is 0 Å². The van der Waals surface area contributed by atoms with Crippen LogP contribution >= 0.6 is 24.0 Å². The number of nitrogens with one attached hydrogen (secondary N) is 2. The van der Waals surface area contributed by atoms with Gasteiger partial charge < -0.3 is 15.7 Å². The van der Waals surface area contributed by atoms with Gasteiger partial charge in [-0.3, -0.25) is 9.89 Å². The Morgan fingerprint density at radius 1 is 1.16 bits per heavy atom.